The number of nitrogens with zero attached hydrogens (tertiary/aromatic N) is 1. The van der Waals surface area contributed by atoms with E-state index in [1.807, 2.05) is 12.1 Å². The fraction of sp³-hybridized carbons (Fsp3) is 0.556. The van der Waals surface area contributed by atoms with Gasteiger partial charge >= 0.3 is 0 Å². The van der Waals surface area contributed by atoms with E-state index >= 15 is 0 Å². The largest absolute Gasteiger partial charge is 0.350 e. The minimum atomic E-state index is -0.332. The average Bonchev–Trinajstić information content (AvgIpc) is 2.61. The normalized spacial score (nSPS) is 14.7. The third-order valence-electron chi connectivity index (χ3n) is 4.43. The van der Waals surface area contributed by atoms with Crippen LogP contribution in [0.4, 0.5) is 0 Å². The average molecular weight is 405 g/mol. The minimum Gasteiger partial charge on any atom is -0.350 e. The summed E-state index contributed by atoms with van der Waals surface area (Å²) >= 11 is 0. The zero-order valence-electron chi connectivity index (χ0n) is 15.2. The Labute approximate surface area is 168 Å². The number of benzene rings is 1. The Morgan fingerprint density at radius 1 is 1.04 bits per heavy atom. The Morgan fingerprint density at radius 2 is 1.62 bits per heavy atom. The summed E-state index contributed by atoms with van der Waals surface area (Å²) in [4.78, 5) is 25.1. The number of halogens is 2. The molecule has 0 radical (unpaired) electrons. The Bertz CT molecular complexity index is 547. The number of nitrogens with one attached hydrogen (secondary N) is 2. The van der Waals surface area contributed by atoms with Gasteiger partial charge in [0.2, 0.25) is 11.8 Å². The maximum atomic E-state index is 11.6. The number of hydrogen-bond acceptors (Lipinski definition) is 4. The monoisotopic (exact) mass is 404 g/mol. The van der Waals surface area contributed by atoms with E-state index in [1.54, 1.807) is 0 Å². The number of likely N-dealkylation sites (tertiary alicyclic amines) is 1. The van der Waals surface area contributed by atoms with Crippen molar-refractivity contribution in [2.75, 3.05) is 26.2 Å². The lowest BCUT2D eigenvalue weighted by atomic mass is 9.99. The fourth-order valence-electron chi connectivity index (χ4n) is 2.76. The van der Waals surface area contributed by atoms with Gasteiger partial charge in [0.25, 0.3) is 0 Å². The van der Waals surface area contributed by atoms with Crippen LogP contribution in [0.1, 0.15) is 30.9 Å². The summed E-state index contributed by atoms with van der Waals surface area (Å²) in [6.45, 7) is 5.97. The number of rotatable bonds is 7. The van der Waals surface area contributed by atoms with Crippen molar-refractivity contribution in [2.45, 2.75) is 32.9 Å². The SMILES string of the molecule is CC1CCN(Cc2ccc(CNC(=O)CNC(=O)CN)cc2)CC1.Cl.Cl. The van der Waals surface area contributed by atoms with Gasteiger partial charge in [-0.25, -0.2) is 0 Å². The predicted molar refractivity (Wildman–Crippen MR) is 109 cm³/mol. The molecular formula is C18H30Cl2N4O2. The second-order valence-electron chi connectivity index (χ2n) is 6.53. The second-order valence-corrected chi connectivity index (χ2v) is 6.53. The molecule has 6 nitrogen and oxygen atoms in total. The molecule has 26 heavy (non-hydrogen) atoms. The molecule has 0 spiro atoms. The summed E-state index contributed by atoms with van der Waals surface area (Å²) in [5.41, 5.74) is 7.51. The maximum absolute atomic E-state index is 11.6. The van der Waals surface area contributed by atoms with Crippen LogP contribution in [0.3, 0.4) is 0 Å². The van der Waals surface area contributed by atoms with Crippen LogP contribution in [0, 0.1) is 5.92 Å². The van der Waals surface area contributed by atoms with Crippen LogP contribution >= 0.6 is 24.8 Å². The van der Waals surface area contributed by atoms with Crippen LogP contribution in [0.15, 0.2) is 24.3 Å². The highest BCUT2D eigenvalue weighted by Crippen LogP contribution is 2.18. The molecule has 1 aromatic rings. The van der Waals surface area contributed by atoms with Gasteiger partial charge in [0, 0.05) is 13.1 Å². The van der Waals surface area contributed by atoms with Crippen molar-refractivity contribution < 1.29 is 9.59 Å². The van der Waals surface area contributed by atoms with E-state index in [0.717, 1.165) is 18.0 Å². The number of piperidine rings is 1. The highest BCUT2D eigenvalue weighted by atomic mass is 35.5. The number of hydrogen-bond donors (Lipinski definition) is 3. The third-order valence-corrected chi connectivity index (χ3v) is 4.43. The topological polar surface area (TPSA) is 87.5 Å². The fourth-order valence-corrected chi connectivity index (χ4v) is 2.76. The number of carbonyl (C=O) groups is 2. The summed E-state index contributed by atoms with van der Waals surface area (Å²) in [5, 5.41) is 5.22. The van der Waals surface area contributed by atoms with Crippen molar-refractivity contribution in [3.63, 3.8) is 0 Å². The smallest absolute Gasteiger partial charge is 0.239 e. The number of nitrogens with two attached hydrogens (primary N) is 1. The lowest BCUT2D eigenvalue weighted by Crippen LogP contribution is -2.39. The van der Waals surface area contributed by atoms with Crippen LogP contribution in [0.2, 0.25) is 0 Å². The first-order chi connectivity index (χ1) is 11.6. The Kier molecular flexibility index (Phi) is 12.3. The van der Waals surface area contributed by atoms with Gasteiger partial charge in [0.1, 0.15) is 0 Å². The molecule has 0 atom stereocenters. The van der Waals surface area contributed by atoms with Crippen molar-refractivity contribution in [2.24, 2.45) is 11.7 Å². The molecule has 0 unspecified atom stereocenters. The van der Waals surface area contributed by atoms with Crippen molar-refractivity contribution in [3.8, 4) is 0 Å². The van der Waals surface area contributed by atoms with Crippen LogP contribution in [0.25, 0.3) is 0 Å². The van der Waals surface area contributed by atoms with Gasteiger partial charge in [-0.15, -0.1) is 24.8 Å². The van der Waals surface area contributed by atoms with Crippen molar-refractivity contribution >= 4 is 36.6 Å². The van der Waals surface area contributed by atoms with Gasteiger partial charge in [-0.3, -0.25) is 14.5 Å². The molecule has 1 fully saturated rings. The molecule has 4 N–H and O–H groups in total. The van der Waals surface area contributed by atoms with Crippen LogP contribution in [-0.2, 0) is 22.7 Å². The Hall–Kier alpha value is -1.34. The van der Waals surface area contributed by atoms with E-state index in [1.165, 1.54) is 31.5 Å². The van der Waals surface area contributed by atoms with Crippen LogP contribution in [0.5, 0.6) is 0 Å². The van der Waals surface area contributed by atoms with E-state index in [2.05, 4.69) is 34.6 Å². The first kappa shape index (κ1) is 24.7. The van der Waals surface area contributed by atoms with Gasteiger partial charge in [0.05, 0.1) is 13.1 Å². The molecule has 1 aliphatic heterocycles. The number of carbonyl (C=O) groups excluding carboxylic acids is 2. The molecule has 0 saturated carbocycles. The zero-order valence-corrected chi connectivity index (χ0v) is 16.8. The predicted octanol–water partition coefficient (Wildman–Crippen LogP) is 1.45. The van der Waals surface area contributed by atoms with E-state index in [4.69, 9.17) is 5.73 Å². The molecule has 0 bridgehead atoms. The standard InChI is InChI=1S/C18H28N4O2.2ClH/c1-14-6-8-22(9-7-14)13-16-4-2-15(3-5-16)11-20-18(24)12-21-17(23)10-19;;/h2-5,14H,6-13,19H2,1H3,(H,20,24)(H,21,23);2*1H. The van der Waals surface area contributed by atoms with Gasteiger partial charge in [-0.2, -0.15) is 0 Å². The molecule has 148 valence electrons. The highest BCUT2D eigenvalue weighted by molar-refractivity contribution is 5.86. The molecule has 2 amide bonds. The molecule has 0 aromatic heterocycles. The lowest BCUT2D eigenvalue weighted by Gasteiger charge is -2.30. The summed E-state index contributed by atoms with van der Waals surface area (Å²) in [6.07, 6.45) is 2.57. The summed E-state index contributed by atoms with van der Waals surface area (Å²) in [7, 11) is 0. The maximum Gasteiger partial charge on any atom is 0.239 e. The second kappa shape index (κ2) is 12.9. The third kappa shape index (κ3) is 8.85. The number of amides is 2. The molecule has 1 heterocycles. The van der Waals surface area contributed by atoms with Crippen LogP contribution < -0.4 is 16.4 Å². The highest BCUT2D eigenvalue weighted by Gasteiger charge is 2.15. The van der Waals surface area contributed by atoms with E-state index in [0.29, 0.717) is 6.54 Å². The Balaban J connectivity index is 0.00000312. The summed E-state index contributed by atoms with van der Waals surface area (Å²) in [6, 6.07) is 8.33. The molecule has 0 aliphatic carbocycles. The van der Waals surface area contributed by atoms with Gasteiger partial charge in [-0.1, -0.05) is 31.2 Å². The van der Waals surface area contributed by atoms with E-state index < -0.39 is 0 Å². The van der Waals surface area contributed by atoms with Crippen LogP contribution in [-0.4, -0.2) is 42.9 Å². The van der Waals surface area contributed by atoms with E-state index in [9.17, 15) is 9.59 Å². The van der Waals surface area contributed by atoms with Gasteiger partial charge in [0.15, 0.2) is 0 Å². The molecule has 1 aromatic carbocycles. The first-order valence-corrected chi connectivity index (χ1v) is 8.60. The molecule has 2 rings (SSSR count). The molecule has 1 aliphatic rings. The molecule has 8 heteroatoms. The molecular weight excluding hydrogens is 375 g/mol. The van der Waals surface area contributed by atoms with Crippen molar-refractivity contribution in [3.05, 3.63) is 35.4 Å². The first-order valence-electron chi connectivity index (χ1n) is 8.60. The molecule has 1 saturated heterocycles. The minimum absolute atomic E-state index is 0. The summed E-state index contributed by atoms with van der Waals surface area (Å²) < 4.78 is 0. The quantitative estimate of drug-likeness (QED) is 0.641. The lowest BCUT2D eigenvalue weighted by molar-refractivity contribution is -0.125. The van der Waals surface area contributed by atoms with Gasteiger partial charge < -0.3 is 16.4 Å². The van der Waals surface area contributed by atoms with Crippen molar-refractivity contribution in [1.82, 2.24) is 15.5 Å². The summed E-state index contributed by atoms with van der Waals surface area (Å²) in [5.74, 6) is 0.298. The van der Waals surface area contributed by atoms with Crippen molar-refractivity contribution in [1.29, 1.82) is 0 Å². The van der Waals surface area contributed by atoms with E-state index in [-0.39, 0.29) is 49.7 Å². The Morgan fingerprint density at radius 3 is 2.19 bits per heavy atom. The van der Waals surface area contributed by atoms with Gasteiger partial charge in [-0.05, 0) is 43.0 Å². The zero-order chi connectivity index (χ0) is 17.4.